The van der Waals surface area contributed by atoms with Gasteiger partial charge in [0, 0.05) is 11.1 Å². The summed E-state index contributed by atoms with van der Waals surface area (Å²) in [5.74, 6) is -0.734. The highest BCUT2D eigenvalue weighted by molar-refractivity contribution is 6.10. The second kappa shape index (κ2) is 5.60. The molecule has 0 atom stereocenters. The van der Waals surface area contributed by atoms with Gasteiger partial charge >= 0.3 is 6.36 Å². The molecule has 0 spiro atoms. The van der Waals surface area contributed by atoms with Gasteiger partial charge in [0.05, 0.1) is 0 Å². The van der Waals surface area contributed by atoms with E-state index in [0.29, 0.717) is 5.56 Å². The van der Waals surface area contributed by atoms with Crippen molar-refractivity contribution in [2.45, 2.75) is 20.2 Å². The smallest absolute Gasteiger partial charge is 0.406 e. The topological polar surface area (TPSA) is 26.3 Å². The van der Waals surface area contributed by atoms with E-state index in [1.807, 2.05) is 13.0 Å². The fourth-order valence-electron chi connectivity index (χ4n) is 1.99. The quantitative estimate of drug-likeness (QED) is 0.783. The first kappa shape index (κ1) is 15.1. The fraction of sp³-hybridized carbons (Fsp3) is 0.188. The van der Waals surface area contributed by atoms with Crippen molar-refractivity contribution in [2.24, 2.45) is 0 Å². The number of halogens is 3. The first-order chi connectivity index (χ1) is 9.78. The van der Waals surface area contributed by atoms with Crippen molar-refractivity contribution in [1.29, 1.82) is 0 Å². The van der Waals surface area contributed by atoms with Crippen LogP contribution >= 0.6 is 0 Å². The Bertz CT molecular complexity index is 675. The normalized spacial score (nSPS) is 11.3. The minimum atomic E-state index is -4.78. The van der Waals surface area contributed by atoms with Crippen LogP contribution in [0.2, 0.25) is 0 Å². The molecule has 0 amide bonds. The van der Waals surface area contributed by atoms with E-state index in [2.05, 4.69) is 4.74 Å². The summed E-state index contributed by atoms with van der Waals surface area (Å²) < 4.78 is 40.5. The number of carbonyl (C=O) groups is 1. The summed E-state index contributed by atoms with van der Waals surface area (Å²) in [6, 6.07) is 10.3. The van der Waals surface area contributed by atoms with Gasteiger partial charge in [0.25, 0.3) is 0 Å². The lowest BCUT2D eigenvalue weighted by atomic mass is 9.96. The van der Waals surface area contributed by atoms with Crippen LogP contribution in [0.25, 0.3) is 0 Å². The number of carbonyl (C=O) groups excluding carboxylic acids is 1. The first-order valence-electron chi connectivity index (χ1n) is 6.24. The highest BCUT2D eigenvalue weighted by Gasteiger charge is 2.31. The van der Waals surface area contributed by atoms with E-state index < -0.39 is 12.1 Å². The number of alkyl halides is 3. The Morgan fingerprint density at radius 2 is 1.71 bits per heavy atom. The van der Waals surface area contributed by atoms with Crippen molar-refractivity contribution in [3.63, 3.8) is 0 Å². The van der Waals surface area contributed by atoms with Crippen molar-refractivity contribution >= 4 is 5.78 Å². The van der Waals surface area contributed by atoms with Gasteiger partial charge in [0.2, 0.25) is 0 Å². The number of benzene rings is 2. The zero-order valence-electron chi connectivity index (χ0n) is 11.5. The molecule has 0 unspecified atom stereocenters. The number of aryl methyl sites for hydroxylation is 1. The van der Waals surface area contributed by atoms with E-state index in [-0.39, 0.29) is 11.3 Å². The molecule has 5 heteroatoms. The molecule has 2 rings (SSSR count). The zero-order valence-corrected chi connectivity index (χ0v) is 11.5. The van der Waals surface area contributed by atoms with Crippen molar-refractivity contribution < 1.29 is 22.7 Å². The average Bonchev–Trinajstić information content (AvgIpc) is 2.39. The van der Waals surface area contributed by atoms with E-state index >= 15 is 0 Å². The third-order valence-corrected chi connectivity index (χ3v) is 3.18. The molecule has 0 bridgehead atoms. The molecule has 2 aromatic carbocycles. The molecular weight excluding hydrogens is 281 g/mol. The number of hydrogen-bond donors (Lipinski definition) is 0. The third-order valence-electron chi connectivity index (χ3n) is 3.18. The lowest BCUT2D eigenvalue weighted by molar-refractivity contribution is -0.274. The maximum atomic E-state index is 12.4. The average molecular weight is 294 g/mol. The van der Waals surface area contributed by atoms with Gasteiger partial charge in [-0.15, -0.1) is 13.2 Å². The van der Waals surface area contributed by atoms with Crippen LogP contribution in [-0.2, 0) is 0 Å². The first-order valence-corrected chi connectivity index (χ1v) is 6.24. The van der Waals surface area contributed by atoms with Gasteiger partial charge in [-0.2, -0.15) is 0 Å². The molecule has 0 fully saturated rings. The van der Waals surface area contributed by atoms with Gasteiger partial charge in [-0.05, 0) is 37.1 Å². The number of ketones is 1. The molecule has 0 heterocycles. The lowest BCUT2D eigenvalue weighted by Gasteiger charge is -2.11. The molecule has 2 aromatic rings. The Morgan fingerprint density at radius 3 is 2.38 bits per heavy atom. The predicted molar refractivity (Wildman–Crippen MR) is 72.5 cm³/mol. The maximum Gasteiger partial charge on any atom is 0.573 e. The summed E-state index contributed by atoms with van der Waals surface area (Å²) in [6.45, 7) is 3.67. The number of rotatable bonds is 3. The Balaban J connectivity index is 2.36. The van der Waals surface area contributed by atoms with Gasteiger partial charge in [0.1, 0.15) is 5.75 Å². The minimum absolute atomic E-state index is 0.158. The SMILES string of the molecule is Cc1cccc(C(=O)c2cccc(OC(F)(F)F)c2)c1C. The van der Waals surface area contributed by atoms with E-state index in [4.69, 9.17) is 0 Å². The molecule has 0 aliphatic rings. The maximum absolute atomic E-state index is 12.4. The van der Waals surface area contributed by atoms with Gasteiger partial charge in [0.15, 0.2) is 5.78 Å². The standard InChI is InChI=1S/C16H13F3O2/c1-10-5-3-8-14(11(10)2)15(20)12-6-4-7-13(9-12)21-16(17,18)19/h3-9H,1-2H3. The Morgan fingerprint density at radius 1 is 1.05 bits per heavy atom. The van der Waals surface area contributed by atoms with Crippen molar-refractivity contribution in [3.05, 3.63) is 64.7 Å². The van der Waals surface area contributed by atoms with Gasteiger partial charge in [-0.25, -0.2) is 0 Å². The van der Waals surface area contributed by atoms with Crippen LogP contribution in [0.15, 0.2) is 42.5 Å². The molecule has 0 radical (unpaired) electrons. The van der Waals surface area contributed by atoms with E-state index in [9.17, 15) is 18.0 Å². The summed E-state index contributed by atoms with van der Waals surface area (Å²) in [7, 11) is 0. The fourth-order valence-corrected chi connectivity index (χ4v) is 1.99. The van der Waals surface area contributed by atoms with Crippen LogP contribution in [0.4, 0.5) is 13.2 Å². The Kier molecular flexibility index (Phi) is 4.02. The lowest BCUT2D eigenvalue weighted by Crippen LogP contribution is -2.17. The molecule has 0 aliphatic heterocycles. The molecule has 2 nitrogen and oxygen atoms in total. The zero-order chi connectivity index (χ0) is 15.6. The molecule has 0 N–H and O–H groups in total. The third kappa shape index (κ3) is 3.62. The van der Waals surface area contributed by atoms with Crippen LogP contribution in [0.5, 0.6) is 5.75 Å². The van der Waals surface area contributed by atoms with Crippen molar-refractivity contribution in [2.75, 3.05) is 0 Å². The Hall–Kier alpha value is -2.30. The molecule has 0 aliphatic carbocycles. The predicted octanol–water partition coefficient (Wildman–Crippen LogP) is 4.43. The van der Waals surface area contributed by atoms with E-state index in [1.165, 1.54) is 12.1 Å². The van der Waals surface area contributed by atoms with Crippen LogP contribution in [-0.4, -0.2) is 12.1 Å². The molecular formula is C16H13F3O2. The Labute approximate surface area is 120 Å². The van der Waals surface area contributed by atoms with Gasteiger partial charge in [-0.3, -0.25) is 4.79 Å². The highest BCUT2D eigenvalue weighted by Crippen LogP contribution is 2.25. The summed E-state index contributed by atoms with van der Waals surface area (Å²) in [6.07, 6.45) is -4.78. The van der Waals surface area contributed by atoms with Crippen LogP contribution < -0.4 is 4.74 Å². The van der Waals surface area contributed by atoms with Crippen molar-refractivity contribution in [3.8, 4) is 5.75 Å². The second-order valence-electron chi connectivity index (χ2n) is 4.65. The molecule has 0 aromatic heterocycles. The largest absolute Gasteiger partial charge is 0.573 e. The van der Waals surface area contributed by atoms with E-state index in [1.54, 1.807) is 19.1 Å². The van der Waals surface area contributed by atoms with Gasteiger partial charge in [-0.1, -0.05) is 30.3 Å². The summed E-state index contributed by atoms with van der Waals surface area (Å²) in [5, 5.41) is 0. The molecule has 0 saturated carbocycles. The van der Waals surface area contributed by atoms with Crippen LogP contribution in [0.3, 0.4) is 0 Å². The number of ether oxygens (including phenoxy) is 1. The minimum Gasteiger partial charge on any atom is -0.406 e. The second-order valence-corrected chi connectivity index (χ2v) is 4.65. The van der Waals surface area contributed by atoms with Crippen LogP contribution in [0, 0.1) is 13.8 Å². The molecule has 21 heavy (non-hydrogen) atoms. The van der Waals surface area contributed by atoms with Crippen molar-refractivity contribution in [1.82, 2.24) is 0 Å². The number of hydrogen-bond acceptors (Lipinski definition) is 2. The van der Waals surface area contributed by atoms with E-state index in [0.717, 1.165) is 23.3 Å². The molecule has 0 saturated heterocycles. The highest BCUT2D eigenvalue weighted by atomic mass is 19.4. The molecule has 110 valence electrons. The summed E-state index contributed by atoms with van der Waals surface area (Å²) in [4.78, 5) is 12.4. The summed E-state index contributed by atoms with van der Waals surface area (Å²) in [5.41, 5.74) is 2.39. The van der Waals surface area contributed by atoms with Gasteiger partial charge < -0.3 is 4.74 Å². The monoisotopic (exact) mass is 294 g/mol. The summed E-state index contributed by atoms with van der Waals surface area (Å²) >= 11 is 0. The van der Waals surface area contributed by atoms with Crippen LogP contribution in [0.1, 0.15) is 27.0 Å².